The Kier molecular flexibility index (Phi) is 10.3. The SMILES string of the molecule is CCCCCOc1cc2c(cc1OCCCCC)C1(c3ccccc3-c3cc(-c4cccc(C(C)=C/C=C\C=N)c4)ccc31)c1cc(C)c(C)cc1-2. The minimum atomic E-state index is -0.474. The molecule has 1 spiro atoms. The molecule has 5 aromatic carbocycles. The zero-order chi connectivity index (χ0) is 36.2. The van der Waals surface area contributed by atoms with Gasteiger partial charge >= 0.3 is 0 Å². The van der Waals surface area contributed by atoms with Crippen LogP contribution in [0.3, 0.4) is 0 Å². The maximum atomic E-state index is 7.32. The molecular formula is C49H51NO2. The Balaban J connectivity index is 1.42. The number of ether oxygens (including phenoxy) is 2. The lowest BCUT2D eigenvalue weighted by Crippen LogP contribution is -2.26. The van der Waals surface area contributed by atoms with Crippen LogP contribution in [0.2, 0.25) is 0 Å². The summed E-state index contributed by atoms with van der Waals surface area (Å²) in [7, 11) is 0. The molecule has 0 saturated heterocycles. The van der Waals surface area contributed by atoms with E-state index in [0.717, 1.165) is 55.6 Å². The van der Waals surface area contributed by atoms with Crippen molar-refractivity contribution in [2.75, 3.05) is 13.2 Å². The van der Waals surface area contributed by atoms with E-state index in [0.29, 0.717) is 13.2 Å². The van der Waals surface area contributed by atoms with Crippen LogP contribution in [0.25, 0.3) is 39.0 Å². The molecule has 0 aliphatic heterocycles. The summed E-state index contributed by atoms with van der Waals surface area (Å²) in [4.78, 5) is 0. The minimum Gasteiger partial charge on any atom is -0.490 e. The largest absolute Gasteiger partial charge is 0.490 e. The van der Waals surface area contributed by atoms with E-state index in [-0.39, 0.29) is 0 Å². The van der Waals surface area contributed by atoms with E-state index in [1.807, 2.05) is 6.08 Å². The van der Waals surface area contributed by atoms with Gasteiger partial charge in [-0.25, -0.2) is 0 Å². The van der Waals surface area contributed by atoms with E-state index in [1.165, 1.54) is 78.5 Å². The summed E-state index contributed by atoms with van der Waals surface area (Å²) in [5.74, 6) is 1.71. The number of unbranched alkanes of at least 4 members (excludes halogenated alkanes) is 4. The quantitative estimate of drug-likeness (QED) is 0.0703. The van der Waals surface area contributed by atoms with Gasteiger partial charge in [-0.15, -0.1) is 0 Å². The summed E-state index contributed by atoms with van der Waals surface area (Å²) in [5, 5.41) is 7.32. The monoisotopic (exact) mass is 685 g/mol. The van der Waals surface area contributed by atoms with Crippen molar-refractivity contribution in [2.24, 2.45) is 0 Å². The van der Waals surface area contributed by atoms with Crippen molar-refractivity contribution in [3.8, 4) is 44.9 Å². The summed E-state index contributed by atoms with van der Waals surface area (Å²) < 4.78 is 13.2. The summed E-state index contributed by atoms with van der Waals surface area (Å²) in [6.07, 6.45) is 13.7. The fourth-order valence-corrected chi connectivity index (χ4v) is 8.22. The highest BCUT2D eigenvalue weighted by atomic mass is 16.5. The van der Waals surface area contributed by atoms with Crippen molar-refractivity contribution in [2.45, 2.75) is 78.6 Å². The molecule has 2 aliphatic carbocycles. The van der Waals surface area contributed by atoms with Gasteiger partial charge in [-0.1, -0.05) is 118 Å². The number of hydrogen-bond acceptors (Lipinski definition) is 3. The van der Waals surface area contributed by atoms with E-state index in [2.05, 4.69) is 132 Å². The molecule has 1 unspecified atom stereocenters. The Morgan fingerprint density at radius 3 is 1.98 bits per heavy atom. The van der Waals surface area contributed by atoms with Crippen LogP contribution in [0.1, 0.15) is 98.2 Å². The fourth-order valence-electron chi connectivity index (χ4n) is 8.22. The Morgan fingerprint density at radius 2 is 1.23 bits per heavy atom. The van der Waals surface area contributed by atoms with E-state index in [1.54, 1.807) is 6.08 Å². The second-order valence-electron chi connectivity index (χ2n) is 14.5. The summed E-state index contributed by atoms with van der Waals surface area (Å²) in [6.45, 7) is 12.4. The number of aryl methyl sites for hydroxylation is 2. The van der Waals surface area contributed by atoms with Crippen molar-refractivity contribution in [1.29, 1.82) is 5.41 Å². The first-order valence-electron chi connectivity index (χ1n) is 19.2. The zero-order valence-corrected chi connectivity index (χ0v) is 31.4. The molecule has 3 heteroatoms. The van der Waals surface area contributed by atoms with E-state index >= 15 is 0 Å². The van der Waals surface area contributed by atoms with Crippen LogP contribution in [0.4, 0.5) is 0 Å². The van der Waals surface area contributed by atoms with Crippen molar-refractivity contribution in [1.82, 2.24) is 0 Å². The van der Waals surface area contributed by atoms with Crippen LogP contribution in [-0.4, -0.2) is 19.4 Å². The molecule has 0 saturated carbocycles. The van der Waals surface area contributed by atoms with Gasteiger partial charge in [0.15, 0.2) is 11.5 Å². The predicted molar refractivity (Wildman–Crippen MR) is 219 cm³/mol. The first-order valence-corrected chi connectivity index (χ1v) is 19.2. The number of rotatable bonds is 14. The summed E-state index contributed by atoms with van der Waals surface area (Å²) in [6, 6.07) is 34.4. The van der Waals surface area contributed by atoms with E-state index < -0.39 is 5.41 Å². The van der Waals surface area contributed by atoms with Gasteiger partial charge in [0, 0.05) is 6.21 Å². The molecule has 1 N–H and O–H groups in total. The summed E-state index contributed by atoms with van der Waals surface area (Å²) >= 11 is 0. The average Bonchev–Trinajstić information content (AvgIpc) is 3.60. The van der Waals surface area contributed by atoms with Gasteiger partial charge < -0.3 is 14.9 Å². The Hall–Kier alpha value is -5.15. The standard InChI is InChI=1S/C49H51NO2/c1-6-8-14-25-51-47-31-42-40-27-34(4)35(5)28-45(40)49(46(42)32-48(47)52-26-15-9-7-2)43-21-11-10-20-39(43)41-30-38(22-23-44(41)49)37-19-16-18-36(29-37)33(3)17-12-13-24-50/h10-13,16-24,27-32,50H,6-9,14-15,25-26H2,1-5H3/b13-12-,33-17?,50-24?. The van der Waals surface area contributed by atoms with Gasteiger partial charge in [-0.3, -0.25) is 0 Å². The maximum absolute atomic E-state index is 7.32. The van der Waals surface area contributed by atoms with Crippen LogP contribution >= 0.6 is 0 Å². The highest BCUT2D eigenvalue weighted by Crippen LogP contribution is 2.64. The molecule has 0 heterocycles. The number of benzene rings is 5. The maximum Gasteiger partial charge on any atom is 0.161 e. The molecule has 5 aromatic rings. The number of fused-ring (bicyclic) bond motifs is 10. The lowest BCUT2D eigenvalue weighted by Gasteiger charge is -2.31. The van der Waals surface area contributed by atoms with Gasteiger partial charge in [0.2, 0.25) is 0 Å². The molecule has 52 heavy (non-hydrogen) atoms. The molecule has 264 valence electrons. The van der Waals surface area contributed by atoms with Crippen LogP contribution in [0.15, 0.2) is 109 Å². The van der Waals surface area contributed by atoms with Gasteiger partial charge in [-0.2, -0.15) is 0 Å². The van der Waals surface area contributed by atoms with Crippen LogP contribution in [0.5, 0.6) is 11.5 Å². The van der Waals surface area contributed by atoms with Crippen molar-refractivity contribution < 1.29 is 9.47 Å². The lowest BCUT2D eigenvalue weighted by atomic mass is 9.70. The van der Waals surface area contributed by atoms with Crippen LogP contribution in [0, 0.1) is 19.3 Å². The summed E-state index contributed by atoms with van der Waals surface area (Å²) in [5.41, 5.74) is 17.2. The molecular weight excluding hydrogens is 635 g/mol. The molecule has 3 nitrogen and oxygen atoms in total. The third kappa shape index (κ3) is 6.21. The topological polar surface area (TPSA) is 42.3 Å². The fraction of sp³-hybridized carbons (Fsp3) is 0.286. The third-order valence-corrected chi connectivity index (χ3v) is 11.1. The number of hydrogen-bond donors (Lipinski definition) is 1. The zero-order valence-electron chi connectivity index (χ0n) is 31.4. The minimum absolute atomic E-state index is 0.474. The predicted octanol–water partition coefficient (Wildman–Crippen LogP) is 13.1. The second-order valence-corrected chi connectivity index (χ2v) is 14.5. The highest BCUT2D eigenvalue weighted by molar-refractivity contribution is 5.97. The Bertz CT molecular complexity index is 2190. The second kappa shape index (κ2) is 15.2. The molecule has 0 radical (unpaired) electrons. The first-order chi connectivity index (χ1) is 25.4. The normalized spacial score (nSPS) is 15.4. The third-order valence-electron chi connectivity index (χ3n) is 11.1. The van der Waals surface area contributed by atoms with Crippen molar-refractivity contribution >= 4 is 11.8 Å². The average molecular weight is 686 g/mol. The van der Waals surface area contributed by atoms with Crippen LogP contribution < -0.4 is 9.47 Å². The van der Waals surface area contributed by atoms with Gasteiger partial charge in [-0.05, 0) is 142 Å². The Morgan fingerprint density at radius 1 is 0.596 bits per heavy atom. The molecule has 0 fully saturated rings. The Labute approximate surface area is 310 Å². The van der Waals surface area contributed by atoms with Crippen molar-refractivity contribution in [3.05, 3.63) is 148 Å². The molecule has 0 aromatic heterocycles. The molecule has 0 bridgehead atoms. The van der Waals surface area contributed by atoms with Gasteiger partial charge in [0.05, 0.1) is 18.6 Å². The smallest absolute Gasteiger partial charge is 0.161 e. The van der Waals surface area contributed by atoms with Gasteiger partial charge in [0.1, 0.15) is 0 Å². The first kappa shape index (κ1) is 35.3. The van der Waals surface area contributed by atoms with Crippen molar-refractivity contribution in [3.63, 3.8) is 0 Å². The van der Waals surface area contributed by atoms with Crippen LogP contribution in [-0.2, 0) is 5.41 Å². The van der Waals surface area contributed by atoms with Gasteiger partial charge in [0.25, 0.3) is 0 Å². The van der Waals surface area contributed by atoms with E-state index in [9.17, 15) is 0 Å². The number of allylic oxidation sites excluding steroid dienone is 4. The highest BCUT2D eigenvalue weighted by Gasteiger charge is 2.52. The molecule has 2 aliphatic rings. The molecule has 0 amide bonds. The molecule has 7 rings (SSSR count). The van der Waals surface area contributed by atoms with E-state index in [4.69, 9.17) is 14.9 Å². The lowest BCUT2D eigenvalue weighted by molar-refractivity contribution is 0.259. The number of nitrogens with one attached hydrogen (secondary N) is 1. The molecule has 1 atom stereocenters.